The molecule has 0 N–H and O–H groups in total. The summed E-state index contributed by atoms with van der Waals surface area (Å²) in [5.41, 5.74) is 17.7. The van der Waals surface area contributed by atoms with Crippen LogP contribution >= 0.6 is 0 Å². The number of hydrogen-bond donors (Lipinski definition) is 0. The van der Waals surface area contributed by atoms with E-state index in [-0.39, 0.29) is 5.41 Å². The van der Waals surface area contributed by atoms with Crippen LogP contribution in [0.25, 0.3) is 93.9 Å². The molecule has 53 heavy (non-hydrogen) atoms. The fourth-order valence-electron chi connectivity index (χ4n) is 8.98. The molecule has 0 aliphatic heterocycles. The Labute approximate surface area is 308 Å². The summed E-state index contributed by atoms with van der Waals surface area (Å²) < 4.78 is 8.98. The third-order valence-electron chi connectivity index (χ3n) is 11.6. The van der Waals surface area contributed by atoms with Gasteiger partial charge in [0.2, 0.25) is 0 Å². The number of rotatable bonds is 4. The van der Waals surface area contributed by atoms with Crippen LogP contribution in [0.1, 0.15) is 25.0 Å². The molecule has 1 aliphatic rings. The molecule has 0 fully saturated rings. The number of aromatic nitrogens is 1. The Balaban J connectivity index is 1.15. The number of para-hydroxylation sites is 4. The number of hydrogen-bond acceptors (Lipinski definition) is 1. The average molecular weight is 678 g/mol. The molecule has 0 amide bonds. The maximum Gasteiger partial charge on any atom is 0.143 e. The molecule has 1 aliphatic carbocycles. The van der Waals surface area contributed by atoms with E-state index >= 15 is 0 Å². The van der Waals surface area contributed by atoms with Crippen molar-refractivity contribution in [3.05, 3.63) is 187 Å². The van der Waals surface area contributed by atoms with Gasteiger partial charge in [0.25, 0.3) is 0 Å². The van der Waals surface area contributed by atoms with Crippen LogP contribution in [0.5, 0.6) is 0 Å². The van der Waals surface area contributed by atoms with E-state index in [0.717, 1.165) is 38.8 Å². The van der Waals surface area contributed by atoms with E-state index < -0.39 is 0 Å². The first-order valence-corrected chi connectivity index (χ1v) is 18.4. The predicted molar refractivity (Wildman–Crippen MR) is 222 cm³/mol. The van der Waals surface area contributed by atoms with E-state index in [1.54, 1.807) is 0 Å². The van der Waals surface area contributed by atoms with Crippen LogP contribution in [0.2, 0.25) is 0 Å². The molecule has 0 bridgehead atoms. The number of furan rings is 1. The van der Waals surface area contributed by atoms with Gasteiger partial charge in [-0.2, -0.15) is 0 Å². The monoisotopic (exact) mass is 677 g/mol. The van der Waals surface area contributed by atoms with Crippen molar-refractivity contribution in [2.45, 2.75) is 19.3 Å². The minimum absolute atomic E-state index is 0.0831. The van der Waals surface area contributed by atoms with Crippen LogP contribution in [0, 0.1) is 0 Å². The minimum atomic E-state index is -0.0831. The summed E-state index contributed by atoms with van der Waals surface area (Å²) in [5, 5.41) is 4.76. The first-order valence-electron chi connectivity index (χ1n) is 18.4. The van der Waals surface area contributed by atoms with Crippen molar-refractivity contribution in [1.82, 2.24) is 4.57 Å². The molecular weight excluding hydrogens is 643 g/mol. The fraction of sp³-hybridized carbons (Fsp3) is 0.0588. The Kier molecular flexibility index (Phi) is 6.33. The quantitative estimate of drug-likeness (QED) is 0.181. The van der Waals surface area contributed by atoms with Gasteiger partial charge in [-0.05, 0) is 111 Å². The first-order chi connectivity index (χ1) is 26.0. The highest BCUT2D eigenvalue weighted by Crippen LogP contribution is 2.50. The van der Waals surface area contributed by atoms with E-state index in [2.05, 4.69) is 188 Å². The second-order valence-electron chi connectivity index (χ2n) is 14.9. The lowest BCUT2D eigenvalue weighted by atomic mass is 9.81. The molecule has 2 nitrogen and oxygen atoms in total. The van der Waals surface area contributed by atoms with Crippen LogP contribution in [-0.2, 0) is 5.41 Å². The van der Waals surface area contributed by atoms with Gasteiger partial charge >= 0.3 is 0 Å². The third kappa shape index (κ3) is 4.45. The molecule has 2 heteroatoms. The van der Waals surface area contributed by atoms with E-state index in [4.69, 9.17) is 4.42 Å². The normalized spacial score (nSPS) is 13.2. The highest BCUT2D eigenvalue weighted by Gasteiger charge is 2.35. The summed E-state index contributed by atoms with van der Waals surface area (Å²) in [6, 6.07) is 64.2. The second-order valence-corrected chi connectivity index (χ2v) is 14.9. The molecule has 8 aromatic carbocycles. The van der Waals surface area contributed by atoms with Gasteiger partial charge in [0.1, 0.15) is 11.2 Å². The van der Waals surface area contributed by atoms with Gasteiger partial charge in [-0.25, -0.2) is 0 Å². The average Bonchev–Trinajstić information content (AvgIpc) is 3.83. The molecule has 250 valence electrons. The molecule has 0 spiro atoms. The van der Waals surface area contributed by atoms with Crippen LogP contribution in [-0.4, -0.2) is 4.57 Å². The SMILES string of the molecule is CC1(C)c2ccccc2-c2ccc(-c3cc(-c4ccc5c(c4)c4ccccc4n5-c4ccccc4)cc(-c4cccc5c4oc4ccccc45)c3)cc21. The minimum Gasteiger partial charge on any atom is -0.455 e. The predicted octanol–water partition coefficient (Wildman–Crippen LogP) is 14.0. The molecule has 0 atom stereocenters. The standard InChI is InChI=1S/C51H35NO/c1-51(2)45-20-9-6-15-39(45)40-25-23-33(31-46(40)51)35-27-34(28-36(29-35)38-18-12-19-43-42-17-8-11-22-49(42)53-50(38)43)32-24-26-48-44(30-32)41-16-7-10-21-47(41)52(48)37-13-4-3-5-14-37/h3-31H,1-2H3. The lowest BCUT2D eigenvalue weighted by molar-refractivity contribution is 0.660. The van der Waals surface area contributed by atoms with E-state index in [9.17, 15) is 0 Å². The van der Waals surface area contributed by atoms with Crippen molar-refractivity contribution in [1.29, 1.82) is 0 Å². The van der Waals surface area contributed by atoms with Crippen molar-refractivity contribution in [2.24, 2.45) is 0 Å². The highest BCUT2D eigenvalue weighted by molar-refractivity contribution is 6.12. The summed E-state index contributed by atoms with van der Waals surface area (Å²) in [4.78, 5) is 0. The van der Waals surface area contributed by atoms with Crippen molar-refractivity contribution in [2.75, 3.05) is 0 Å². The maximum atomic E-state index is 6.60. The third-order valence-corrected chi connectivity index (χ3v) is 11.6. The van der Waals surface area contributed by atoms with Crippen molar-refractivity contribution < 1.29 is 4.42 Å². The van der Waals surface area contributed by atoms with Gasteiger partial charge < -0.3 is 8.98 Å². The van der Waals surface area contributed by atoms with Gasteiger partial charge in [-0.3, -0.25) is 0 Å². The number of nitrogens with zero attached hydrogens (tertiary/aromatic N) is 1. The zero-order valence-corrected chi connectivity index (χ0v) is 29.6. The smallest absolute Gasteiger partial charge is 0.143 e. The Bertz CT molecular complexity index is 3080. The zero-order valence-electron chi connectivity index (χ0n) is 29.6. The first kappa shape index (κ1) is 30.0. The van der Waals surface area contributed by atoms with Gasteiger partial charge in [-0.1, -0.05) is 129 Å². The lowest BCUT2D eigenvalue weighted by Crippen LogP contribution is -2.14. The van der Waals surface area contributed by atoms with Crippen molar-refractivity contribution in [3.8, 4) is 50.2 Å². The Hall–Kier alpha value is -6.64. The summed E-state index contributed by atoms with van der Waals surface area (Å²) in [7, 11) is 0. The van der Waals surface area contributed by atoms with E-state index in [1.807, 2.05) is 6.07 Å². The zero-order chi connectivity index (χ0) is 35.3. The molecular formula is C51H35NO. The lowest BCUT2D eigenvalue weighted by Gasteiger charge is -2.22. The molecule has 2 heterocycles. The topological polar surface area (TPSA) is 18.1 Å². The Morgan fingerprint density at radius 2 is 1.02 bits per heavy atom. The summed E-state index contributed by atoms with van der Waals surface area (Å²) in [6.07, 6.45) is 0. The second kappa shape index (κ2) is 11.2. The van der Waals surface area contributed by atoms with Gasteiger partial charge in [0, 0.05) is 38.2 Å². The van der Waals surface area contributed by atoms with E-state index in [0.29, 0.717) is 0 Å². The van der Waals surface area contributed by atoms with Crippen LogP contribution < -0.4 is 0 Å². The summed E-state index contributed by atoms with van der Waals surface area (Å²) in [6.45, 7) is 4.71. The Morgan fingerprint density at radius 1 is 0.396 bits per heavy atom. The molecule has 0 saturated heterocycles. The summed E-state index contributed by atoms with van der Waals surface area (Å²) in [5.74, 6) is 0. The molecule has 10 aromatic rings. The fourth-order valence-corrected chi connectivity index (χ4v) is 8.98. The van der Waals surface area contributed by atoms with Crippen molar-refractivity contribution in [3.63, 3.8) is 0 Å². The number of fused-ring (bicyclic) bond motifs is 9. The van der Waals surface area contributed by atoms with Crippen molar-refractivity contribution >= 4 is 43.7 Å². The summed E-state index contributed by atoms with van der Waals surface area (Å²) >= 11 is 0. The Morgan fingerprint density at radius 3 is 1.89 bits per heavy atom. The molecule has 0 radical (unpaired) electrons. The molecule has 2 aromatic heterocycles. The molecule has 0 unspecified atom stereocenters. The van der Waals surface area contributed by atoms with Crippen LogP contribution in [0.15, 0.2) is 180 Å². The maximum absolute atomic E-state index is 6.60. The van der Waals surface area contributed by atoms with Crippen LogP contribution in [0.3, 0.4) is 0 Å². The van der Waals surface area contributed by atoms with Gasteiger partial charge in [0.15, 0.2) is 0 Å². The molecule has 11 rings (SSSR count). The number of benzene rings is 8. The van der Waals surface area contributed by atoms with Crippen LogP contribution in [0.4, 0.5) is 0 Å². The van der Waals surface area contributed by atoms with Gasteiger partial charge in [0.05, 0.1) is 11.0 Å². The largest absolute Gasteiger partial charge is 0.455 e. The van der Waals surface area contributed by atoms with Gasteiger partial charge in [-0.15, -0.1) is 0 Å². The molecule has 0 saturated carbocycles. The highest BCUT2D eigenvalue weighted by atomic mass is 16.3. The van der Waals surface area contributed by atoms with E-state index in [1.165, 1.54) is 66.3 Å².